The van der Waals surface area contributed by atoms with Gasteiger partial charge in [-0.3, -0.25) is 18.4 Å². The molecular formula is C39H34FN7O5S. The van der Waals surface area contributed by atoms with Crippen LogP contribution in [0.2, 0.25) is 0 Å². The third-order valence-corrected chi connectivity index (χ3v) is 11.2. The molecule has 1 N–H and O–H groups in total. The number of methoxy groups -OCH3 is 1. The predicted molar refractivity (Wildman–Crippen MR) is 201 cm³/mol. The van der Waals surface area contributed by atoms with Gasteiger partial charge in [0.15, 0.2) is 0 Å². The molecule has 268 valence electrons. The van der Waals surface area contributed by atoms with Crippen molar-refractivity contribution in [1.82, 2.24) is 24.6 Å². The van der Waals surface area contributed by atoms with Crippen LogP contribution in [-0.2, 0) is 21.3 Å². The first-order chi connectivity index (χ1) is 25.5. The minimum atomic E-state index is -3.78. The number of ether oxygens (including phenoxy) is 1. The van der Waals surface area contributed by atoms with Crippen molar-refractivity contribution >= 4 is 60.0 Å². The minimum absolute atomic E-state index is 0.143. The van der Waals surface area contributed by atoms with Crippen LogP contribution in [0.5, 0.6) is 0 Å². The average molecular weight is 732 g/mol. The number of likely N-dealkylation sites (tertiary alicyclic amines) is 1. The van der Waals surface area contributed by atoms with E-state index in [4.69, 9.17) is 19.1 Å². The maximum atomic E-state index is 13.9. The van der Waals surface area contributed by atoms with Gasteiger partial charge in [0.1, 0.15) is 28.5 Å². The number of nitrogens with zero attached hydrogens (tertiary/aromatic N) is 6. The van der Waals surface area contributed by atoms with E-state index >= 15 is 0 Å². The average Bonchev–Trinajstić information content (AvgIpc) is 3.89. The fourth-order valence-electron chi connectivity index (χ4n) is 7.22. The summed E-state index contributed by atoms with van der Waals surface area (Å²) in [7, 11) is 0.878. The molecule has 1 aliphatic rings. The fraction of sp³-hybridized carbons (Fsp3) is 0.231. The zero-order valence-corrected chi connectivity index (χ0v) is 30.2. The van der Waals surface area contributed by atoms with Crippen molar-refractivity contribution in [2.45, 2.75) is 19.1 Å². The number of fused-ring (bicyclic) bond motifs is 6. The summed E-state index contributed by atoms with van der Waals surface area (Å²) in [5.41, 5.74) is 5.27. The van der Waals surface area contributed by atoms with Crippen molar-refractivity contribution in [2.75, 3.05) is 44.9 Å². The number of benzene rings is 3. The Morgan fingerprint density at radius 2 is 1.89 bits per heavy atom. The molecule has 0 spiro atoms. The number of hydrogen-bond acceptors (Lipinski definition) is 9. The van der Waals surface area contributed by atoms with Crippen LogP contribution in [0.15, 0.2) is 77.2 Å². The van der Waals surface area contributed by atoms with Crippen LogP contribution in [-0.4, -0.2) is 80.2 Å². The first kappa shape index (κ1) is 34.2. The fourth-order valence-corrected chi connectivity index (χ4v) is 7.73. The van der Waals surface area contributed by atoms with Gasteiger partial charge in [-0.1, -0.05) is 6.07 Å². The lowest BCUT2D eigenvalue weighted by molar-refractivity contribution is 0.0964. The smallest absolute Gasteiger partial charge is 0.255 e. The zero-order chi connectivity index (χ0) is 37.2. The number of hydrogen-bond donors (Lipinski definition) is 1. The van der Waals surface area contributed by atoms with Crippen molar-refractivity contribution in [3.8, 4) is 28.7 Å². The highest BCUT2D eigenvalue weighted by Gasteiger charge is 2.28. The van der Waals surface area contributed by atoms with E-state index in [2.05, 4.69) is 16.3 Å². The normalized spacial score (nSPS) is 15.1. The molecule has 12 nitrogen and oxygen atoms in total. The first-order valence-electron chi connectivity index (χ1n) is 16.9. The van der Waals surface area contributed by atoms with Crippen molar-refractivity contribution < 1.29 is 26.8 Å². The molecule has 1 atom stereocenters. The highest BCUT2D eigenvalue weighted by atomic mass is 32.2. The van der Waals surface area contributed by atoms with E-state index < -0.39 is 21.7 Å². The maximum absolute atomic E-state index is 13.9. The molecule has 0 saturated carbocycles. The minimum Gasteiger partial charge on any atom is -0.455 e. The molecule has 0 bridgehead atoms. The lowest BCUT2D eigenvalue weighted by Crippen LogP contribution is -2.25. The summed E-state index contributed by atoms with van der Waals surface area (Å²) >= 11 is 0. The third kappa shape index (κ3) is 5.83. The summed E-state index contributed by atoms with van der Waals surface area (Å²) in [5.74, 6) is 0.104. The lowest BCUT2D eigenvalue weighted by atomic mass is 10.0. The van der Waals surface area contributed by atoms with Crippen molar-refractivity contribution in [1.29, 1.82) is 5.26 Å². The Hall–Kier alpha value is -5.88. The summed E-state index contributed by atoms with van der Waals surface area (Å²) in [6.07, 6.45) is 2.16. The molecule has 0 aliphatic carbocycles. The van der Waals surface area contributed by atoms with E-state index in [-0.39, 0.29) is 28.7 Å². The maximum Gasteiger partial charge on any atom is 0.255 e. The Kier molecular flexibility index (Phi) is 8.37. The number of furan rings is 1. The Morgan fingerprint density at radius 3 is 2.58 bits per heavy atom. The molecule has 53 heavy (non-hydrogen) atoms. The number of carbonyl (C=O) groups is 1. The summed E-state index contributed by atoms with van der Waals surface area (Å²) in [6.45, 7) is 2.17. The standard InChI is InChI=1S/C39H34FN7O5S/c1-42-39(48)36-28-16-27(32(45(2)53(4,49)50)18-34(28)52-38(36)22-8-10-24(40)11-9-22)29-12-13-30-37(44-29)33-17-26-23(19-41)6-5-7-31(26)47(33)35(43-30)21-46-15-14-25(20-46)51-3/h5-13,16-18,25H,14-15,20-21H2,1-4H3,(H,42,48)/t25-/m0/s1. The lowest BCUT2D eigenvalue weighted by Gasteiger charge is -2.21. The second-order valence-electron chi connectivity index (χ2n) is 13.2. The molecule has 1 aliphatic heterocycles. The van der Waals surface area contributed by atoms with Crippen LogP contribution in [0, 0.1) is 17.1 Å². The number of nitriles is 1. The van der Waals surface area contributed by atoms with Crippen molar-refractivity contribution in [3.05, 3.63) is 95.6 Å². The van der Waals surface area contributed by atoms with E-state index in [0.29, 0.717) is 45.3 Å². The third-order valence-electron chi connectivity index (χ3n) is 10.00. The van der Waals surface area contributed by atoms with Gasteiger partial charge in [0.2, 0.25) is 10.0 Å². The van der Waals surface area contributed by atoms with E-state index in [0.717, 1.165) is 52.3 Å². The molecule has 3 aromatic carbocycles. The number of rotatable bonds is 8. The molecule has 7 aromatic rings. The molecule has 1 amide bonds. The van der Waals surface area contributed by atoms with Gasteiger partial charge in [0.25, 0.3) is 5.91 Å². The summed E-state index contributed by atoms with van der Waals surface area (Å²) in [6, 6.07) is 22.3. The summed E-state index contributed by atoms with van der Waals surface area (Å²) in [5, 5.41) is 13.8. The Morgan fingerprint density at radius 1 is 1.09 bits per heavy atom. The summed E-state index contributed by atoms with van der Waals surface area (Å²) < 4.78 is 54.9. The first-order valence-corrected chi connectivity index (χ1v) is 18.8. The number of pyridine rings is 1. The highest BCUT2D eigenvalue weighted by molar-refractivity contribution is 7.92. The molecule has 0 unspecified atom stereocenters. The summed E-state index contributed by atoms with van der Waals surface area (Å²) in [4.78, 5) is 25.9. The number of carbonyl (C=O) groups excluding carboxylic acids is 1. The zero-order valence-electron chi connectivity index (χ0n) is 29.3. The molecule has 14 heteroatoms. The van der Waals surface area contributed by atoms with Gasteiger partial charge in [-0.2, -0.15) is 5.26 Å². The molecule has 0 radical (unpaired) electrons. The van der Waals surface area contributed by atoms with Gasteiger partial charge in [-0.05, 0) is 67.1 Å². The quantitative estimate of drug-likeness (QED) is 0.196. The van der Waals surface area contributed by atoms with Gasteiger partial charge in [-0.15, -0.1) is 0 Å². The van der Waals surface area contributed by atoms with Crippen LogP contribution in [0.3, 0.4) is 0 Å². The van der Waals surface area contributed by atoms with Gasteiger partial charge < -0.3 is 14.5 Å². The topological polar surface area (TPSA) is 146 Å². The van der Waals surface area contributed by atoms with E-state index in [1.54, 1.807) is 31.4 Å². The molecular weight excluding hydrogens is 698 g/mol. The van der Waals surface area contributed by atoms with E-state index in [1.807, 2.05) is 28.7 Å². The molecule has 1 fully saturated rings. The van der Waals surface area contributed by atoms with Crippen LogP contribution < -0.4 is 9.62 Å². The van der Waals surface area contributed by atoms with Gasteiger partial charge in [0, 0.05) is 62.3 Å². The monoisotopic (exact) mass is 731 g/mol. The number of nitrogens with one attached hydrogen (secondary N) is 1. The van der Waals surface area contributed by atoms with Crippen LogP contribution in [0.1, 0.15) is 28.2 Å². The SMILES string of the molecule is CNC(=O)c1c(-c2ccc(F)cc2)oc2cc(N(C)S(C)(=O)=O)c(-c3ccc4nc(CN5CC[C@H](OC)C5)n5c6cccc(C#N)c6cc5c4n3)cc12. The predicted octanol–water partition coefficient (Wildman–Crippen LogP) is 6.10. The number of halogens is 1. The van der Waals surface area contributed by atoms with Crippen LogP contribution in [0.25, 0.3) is 61.0 Å². The van der Waals surface area contributed by atoms with Gasteiger partial charge in [-0.25, -0.2) is 22.8 Å². The number of anilines is 1. The van der Waals surface area contributed by atoms with E-state index in [1.165, 1.54) is 38.4 Å². The number of aromatic nitrogens is 3. The number of sulfonamides is 1. The Bertz CT molecular complexity index is 2770. The molecule has 4 aromatic heterocycles. The van der Waals surface area contributed by atoms with Crippen molar-refractivity contribution in [3.63, 3.8) is 0 Å². The molecule has 8 rings (SSSR count). The molecule has 1 saturated heterocycles. The number of amides is 1. The Balaban J connectivity index is 1.39. The van der Waals surface area contributed by atoms with Gasteiger partial charge >= 0.3 is 0 Å². The second kappa shape index (κ2) is 13.0. The van der Waals surface area contributed by atoms with Crippen LogP contribution >= 0.6 is 0 Å². The van der Waals surface area contributed by atoms with E-state index in [9.17, 15) is 22.9 Å². The molecule has 5 heterocycles. The Labute approximate surface area is 304 Å². The highest BCUT2D eigenvalue weighted by Crippen LogP contribution is 2.41. The van der Waals surface area contributed by atoms with Crippen LogP contribution in [0.4, 0.5) is 10.1 Å². The van der Waals surface area contributed by atoms with Gasteiger partial charge in [0.05, 0.1) is 64.0 Å². The van der Waals surface area contributed by atoms with Crippen molar-refractivity contribution in [2.24, 2.45) is 0 Å². The second-order valence-corrected chi connectivity index (χ2v) is 15.2. The largest absolute Gasteiger partial charge is 0.455 e.